The minimum Gasteiger partial charge on any atom is -0.497 e. The van der Waals surface area contributed by atoms with Crippen LogP contribution in [-0.4, -0.2) is 30.1 Å². The second-order valence-electron chi connectivity index (χ2n) is 6.07. The zero-order valence-corrected chi connectivity index (χ0v) is 16.0. The Morgan fingerprint density at radius 1 is 1.07 bits per heavy atom. The maximum atomic E-state index is 12.5. The summed E-state index contributed by atoms with van der Waals surface area (Å²) in [7, 11) is 3.15. The molecule has 1 amide bonds. The number of benzene rings is 2. The number of nitrogens with one attached hydrogen (secondary N) is 2. The molecule has 0 spiro atoms. The lowest BCUT2D eigenvalue weighted by molar-refractivity contribution is 0.0946. The summed E-state index contributed by atoms with van der Waals surface area (Å²) in [5, 5.41) is 5.96. The maximum Gasteiger partial charge on any atom is 0.270 e. The Morgan fingerprint density at radius 3 is 2.64 bits per heavy atom. The van der Waals surface area contributed by atoms with Crippen molar-refractivity contribution >= 4 is 17.5 Å². The van der Waals surface area contributed by atoms with E-state index in [0.29, 0.717) is 29.7 Å². The van der Waals surface area contributed by atoms with Gasteiger partial charge < -0.3 is 20.1 Å². The normalized spacial score (nSPS) is 10.2. The van der Waals surface area contributed by atoms with E-state index in [1.807, 2.05) is 31.2 Å². The molecule has 2 N–H and O–H groups in total. The Morgan fingerprint density at radius 2 is 1.89 bits per heavy atom. The average molecular weight is 378 g/mol. The van der Waals surface area contributed by atoms with Gasteiger partial charge in [-0.15, -0.1) is 0 Å². The summed E-state index contributed by atoms with van der Waals surface area (Å²) in [5.41, 5.74) is 3.13. The lowest BCUT2D eigenvalue weighted by Gasteiger charge is -2.12. The third-order valence-electron chi connectivity index (χ3n) is 4.24. The van der Waals surface area contributed by atoms with E-state index in [1.54, 1.807) is 38.5 Å². The van der Waals surface area contributed by atoms with Crippen molar-refractivity contribution in [2.75, 3.05) is 19.5 Å². The average Bonchev–Trinajstić information content (AvgIpc) is 2.73. The van der Waals surface area contributed by atoms with Crippen molar-refractivity contribution in [3.05, 3.63) is 71.5 Å². The molecule has 0 atom stereocenters. The Labute approximate surface area is 163 Å². The molecule has 0 unspecified atom stereocenters. The van der Waals surface area contributed by atoms with Gasteiger partial charge in [-0.2, -0.15) is 0 Å². The maximum absolute atomic E-state index is 12.5. The van der Waals surface area contributed by atoms with E-state index in [1.165, 1.54) is 6.20 Å². The number of aromatic nitrogens is 2. The summed E-state index contributed by atoms with van der Waals surface area (Å²) in [6.45, 7) is 2.45. The van der Waals surface area contributed by atoms with E-state index < -0.39 is 0 Å². The van der Waals surface area contributed by atoms with Gasteiger partial charge in [-0.1, -0.05) is 24.3 Å². The molecule has 0 aliphatic heterocycles. The smallest absolute Gasteiger partial charge is 0.270 e. The number of methoxy groups -OCH3 is 2. The highest BCUT2D eigenvalue weighted by molar-refractivity contribution is 5.92. The number of nitrogens with zero attached hydrogens (tertiary/aromatic N) is 2. The van der Waals surface area contributed by atoms with E-state index >= 15 is 0 Å². The van der Waals surface area contributed by atoms with Gasteiger partial charge in [0.05, 0.1) is 19.9 Å². The summed E-state index contributed by atoms with van der Waals surface area (Å²) < 4.78 is 10.6. The van der Waals surface area contributed by atoms with Crippen molar-refractivity contribution < 1.29 is 14.3 Å². The van der Waals surface area contributed by atoms with Crippen molar-refractivity contribution in [1.82, 2.24) is 15.3 Å². The lowest BCUT2D eigenvalue weighted by atomic mass is 10.1. The molecular formula is C21H22N4O3. The molecule has 0 saturated heterocycles. The molecule has 2 aromatic carbocycles. The van der Waals surface area contributed by atoms with Gasteiger partial charge in [-0.05, 0) is 36.2 Å². The quantitative estimate of drug-likeness (QED) is 0.655. The molecule has 0 bridgehead atoms. The molecule has 7 nitrogen and oxygen atoms in total. The Bertz CT molecular complexity index is 975. The van der Waals surface area contributed by atoms with Crippen molar-refractivity contribution in [1.29, 1.82) is 0 Å². The summed E-state index contributed by atoms with van der Waals surface area (Å²) >= 11 is 0. The van der Waals surface area contributed by atoms with Crippen LogP contribution in [0.3, 0.4) is 0 Å². The highest BCUT2D eigenvalue weighted by Gasteiger charge is 2.11. The van der Waals surface area contributed by atoms with Crippen LogP contribution in [0.15, 0.2) is 54.7 Å². The summed E-state index contributed by atoms with van der Waals surface area (Å²) in [4.78, 5) is 20.9. The number of aryl methyl sites for hydroxylation is 1. The van der Waals surface area contributed by atoms with Gasteiger partial charge in [0.1, 0.15) is 17.2 Å². The molecule has 0 aliphatic carbocycles. The number of amides is 1. The van der Waals surface area contributed by atoms with Gasteiger partial charge in [-0.3, -0.25) is 4.79 Å². The first kappa shape index (κ1) is 19.2. The molecule has 3 aromatic rings. The SMILES string of the molecule is COc1ccc(Nc2nccc(C(=O)NCc3ccccc3C)n2)c(OC)c1. The number of hydrogen-bond donors (Lipinski definition) is 2. The van der Waals surface area contributed by atoms with Gasteiger partial charge in [0.2, 0.25) is 5.95 Å². The van der Waals surface area contributed by atoms with Gasteiger partial charge in [0, 0.05) is 18.8 Å². The van der Waals surface area contributed by atoms with Gasteiger partial charge in [-0.25, -0.2) is 9.97 Å². The topological polar surface area (TPSA) is 85.4 Å². The molecule has 28 heavy (non-hydrogen) atoms. The van der Waals surface area contributed by atoms with Crippen LogP contribution in [0.5, 0.6) is 11.5 Å². The summed E-state index contributed by atoms with van der Waals surface area (Å²) in [5.74, 6) is 1.28. The number of anilines is 2. The van der Waals surface area contributed by atoms with Crippen molar-refractivity contribution in [3.8, 4) is 11.5 Å². The van der Waals surface area contributed by atoms with Crippen LogP contribution in [0.2, 0.25) is 0 Å². The molecule has 0 aliphatic rings. The predicted octanol–water partition coefficient (Wildman–Crippen LogP) is 3.48. The van der Waals surface area contributed by atoms with Crippen LogP contribution in [0, 0.1) is 6.92 Å². The fourth-order valence-corrected chi connectivity index (χ4v) is 2.64. The molecular weight excluding hydrogens is 356 g/mol. The van der Waals surface area contributed by atoms with Crippen LogP contribution in [0.25, 0.3) is 0 Å². The van der Waals surface area contributed by atoms with Gasteiger partial charge in [0.25, 0.3) is 5.91 Å². The third-order valence-corrected chi connectivity index (χ3v) is 4.24. The molecule has 144 valence electrons. The molecule has 0 radical (unpaired) electrons. The number of hydrogen-bond acceptors (Lipinski definition) is 6. The largest absolute Gasteiger partial charge is 0.497 e. The fourth-order valence-electron chi connectivity index (χ4n) is 2.64. The highest BCUT2D eigenvalue weighted by Crippen LogP contribution is 2.30. The van der Waals surface area contributed by atoms with Crippen molar-refractivity contribution in [2.24, 2.45) is 0 Å². The van der Waals surface area contributed by atoms with E-state index in [2.05, 4.69) is 20.6 Å². The second kappa shape index (κ2) is 8.85. The predicted molar refractivity (Wildman–Crippen MR) is 107 cm³/mol. The molecule has 1 heterocycles. The fraction of sp³-hybridized carbons (Fsp3) is 0.190. The summed E-state index contributed by atoms with van der Waals surface area (Å²) in [6, 6.07) is 14.8. The molecule has 0 fully saturated rings. The van der Waals surface area contributed by atoms with E-state index in [4.69, 9.17) is 9.47 Å². The minimum absolute atomic E-state index is 0.268. The van der Waals surface area contributed by atoms with Gasteiger partial charge in [0.15, 0.2) is 0 Å². The zero-order chi connectivity index (χ0) is 19.9. The minimum atomic E-state index is -0.268. The second-order valence-corrected chi connectivity index (χ2v) is 6.07. The monoisotopic (exact) mass is 378 g/mol. The molecule has 3 rings (SSSR count). The van der Waals surface area contributed by atoms with Crippen molar-refractivity contribution in [3.63, 3.8) is 0 Å². The zero-order valence-electron chi connectivity index (χ0n) is 16.0. The number of carbonyl (C=O) groups is 1. The Hall–Kier alpha value is -3.61. The summed E-state index contributed by atoms with van der Waals surface area (Å²) in [6.07, 6.45) is 1.54. The molecule has 1 aromatic heterocycles. The molecule has 7 heteroatoms. The van der Waals surface area contributed by atoms with Crippen LogP contribution in [0.1, 0.15) is 21.6 Å². The number of ether oxygens (including phenoxy) is 2. The van der Waals surface area contributed by atoms with E-state index in [0.717, 1.165) is 11.1 Å². The van der Waals surface area contributed by atoms with E-state index in [9.17, 15) is 4.79 Å². The number of carbonyl (C=O) groups excluding carboxylic acids is 1. The van der Waals surface area contributed by atoms with Crippen LogP contribution < -0.4 is 20.1 Å². The van der Waals surface area contributed by atoms with Gasteiger partial charge >= 0.3 is 0 Å². The Balaban J connectivity index is 1.72. The first-order chi connectivity index (χ1) is 13.6. The van der Waals surface area contributed by atoms with Crippen LogP contribution >= 0.6 is 0 Å². The lowest BCUT2D eigenvalue weighted by Crippen LogP contribution is -2.24. The number of rotatable bonds is 7. The molecule has 0 saturated carbocycles. The van der Waals surface area contributed by atoms with E-state index in [-0.39, 0.29) is 11.6 Å². The third kappa shape index (κ3) is 4.56. The van der Waals surface area contributed by atoms with Crippen molar-refractivity contribution in [2.45, 2.75) is 13.5 Å². The first-order valence-corrected chi connectivity index (χ1v) is 8.75. The first-order valence-electron chi connectivity index (χ1n) is 8.75. The van der Waals surface area contributed by atoms with Crippen LogP contribution in [0.4, 0.5) is 11.6 Å². The standard InChI is InChI=1S/C21H22N4O3/c1-14-6-4-5-7-15(14)13-23-20(26)18-10-11-22-21(25-18)24-17-9-8-16(27-2)12-19(17)28-3/h4-12H,13H2,1-3H3,(H,23,26)(H,22,24,25). The van der Waals surface area contributed by atoms with Crippen LogP contribution in [-0.2, 0) is 6.54 Å². The Kier molecular flexibility index (Phi) is 6.06. The highest BCUT2D eigenvalue weighted by atomic mass is 16.5.